The number of benzene rings is 1. The van der Waals surface area contributed by atoms with E-state index < -0.39 is 0 Å². The highest BCUT2D eigenvalue weighted by Crippen LogP contribution is 2.37. The van der Waals surface area contributed by atoms with Gasteiger partial charge in [-0.15, -0.1) is 0 Å². The second-order valence-corrected chi connectivity index (χ2v) is 6.07. The summed E-state index contributed by atoms with van der Waals surface area (Å²) in [7, 11) is 5.05. The molecule has 2 heterocycles. The van der Waals surface area contributed by atoms with Crippen LogP contribution >= 0.6 is 0 Å². The van der Waals surface area contributed by atoms with Crippen molar-refractivity contribution in [3.05, 3.63) is 41.2 Å². The van der Waals surface area contributed by atoms with Crippen molar-refractivity contribution in [1.82, 2.24) is 14.7 Å². The van der Waals surface area contributed by atoms with Gasteiger partial charge in [-0.3, -0.25) is 9.48 Å². The van der Waals surface area contributed by atoms with Crippen LogP contribution < -0.4 is 9.47 Å². The lowest BCUT2D eigenvalue weighted by molar-refractivity contribution is 0.0724. The normalized spacial score (nSPS) is 17.2. The van der Waals surface area contributed by atoms with Crippen LogP contribution in [0.15, 0.2) is 24.3 Å². The monoisotopic (exact) mass is 329 g/mol. The zero-order valence-electron chi connectivity index (χ0n) is 14.6. The van der Waals surface area contributed by atoms with Crippen LogP contribution in [0, 0.1) is 6.92 Å². The maximum absolute atomic E-state index is 13.0. The highest BCUT2D eigenvalue weighted by atomic mass is 16.5. The first-order valence-corrected chi connectivity index (χ1v) is 8.08. The molecule has 6 heteroatoms. The highest BCUT2D eigenvalue weighted by molar-refractivity contribution is 5.93. The maximum atomic E-state index is 13.0. The van der Waals surface area contributed by atoms with Gasteiger partial charge < -0.3 is 14.4 Å². The quantitative estimate of drug-likeness (QED) is 0.865. The molecule has 2 aromatic rings. The zero-order chi connectivity index (χ0) is 17.3. The number of hydrogen-bond acceptors (Lipinski definition) is 4. The van der Waals surface area contributed by atoms with E-state index in [2.05, 4.69) is 5.10 Å². The second kappa shape index (κ2) is 6.55. The summed E-state index contributed by atoms with van der Waals surface area (Å²) in [6.45, 7) is 2.65. The number of ether oxygens (including phenoxy) is 2. The van der Waals surface area contributed by atoms with Crippen LogP contribution in [0.3, 0.4) is 0 Å². The molecular weight excluding hydrogens is 306 g/mol. The third kappa shape index (κ3) is 2.84. The molecule has 0 aliphatic carbocycles. The van der Waals surface area contributed by atoms with E-state index >= 15 is 0 Å². The lowest BCUT2D eigenvalue weighted by Crippen LogP contribution is -2.32. The summed E-state index contributed by atoms with van der Waals surface area (Å²) in [4.78, 5) is 14.9. The predicted molar refractivity (Wildman–Crippen MR) is 90.5 cm³/mol. The summed E-state index contributed by atoms with van der Waals surface area (Å²) >= 11 is 0. The summed E-state index contributed by atoms with van der Waals surface area (Å²) in [6.07, 6.45) is 1.93. The van der Waals surface area contributed by atoms with E-state index in [-0.39, 0.29) is 11.9 Å². The van der Waals surface area contributed by atoms with E-state index in [1.807, 2.05) is 43.1 Å². The molecule has 1 aromatic heterocycles. The molecule has 6 nitrogen and oxygen atoms in total. The number of aromatic nitrogens is 2. The van der Waals surface area contributed by atoms with Gasteiger partial charge in [0.1, 0.15) is 5.69 Å². The molecule has 1 fully saturated rings. The van der Waals surface area contributed by atoms with Crippen LogP contribution in [0.2, 0.25) is 0 Å². The fraction of sp³-hybridized carbons (Fsp3) is 0.444. The van der Waals surface area contributed by atoms with Crippen LogP contribution in [0.5, 0.6) is 11.5 Å². The van der Waals surface area contributed by atoms with Crippen molar-refractivity contribution < 1.29 is 14.3 Å². The minimum Gasteiger partial charge on any atom is -0.493 e. The average Bonchev–Trinajstić information content (AvgIpc) is 3.19. The molecule has 1 aliphatic heterocycles. The molecule has 1 unspecified atom stereocenters. The molecule has 24 heavy (non-hydrogen) atoms. The van der Waals surface area contributed by atoms with Crippen LogP contribution in [0.25, 0.3) is 0 Å². The van der Waals surface area contributed by atoms with Gasteiger partial charge in [-0.2, -0.15) is 5.10 Å². The Hall–Kier alpha value is -2.50. The van der Waals surface area contributed by atoms with Gasteiger partial charge in [0, 0.05) is 13.6 Å². The van der Waals surface area contributed by atoms with E-state index in [1.165, 1.54) is 0 Å². The topological polar surface area (TPSA) is 56.6 Å². The highest BCUT2D eigenvalue weighted by Gasteiger charge is 2.32. The first kappa shape index (κ1) is 16.4. The summed E-state index contributed by atoms with van der Waals surface area (Å²) in [5.41, 5.74) is 2.54. The predicted octanol–water partition coefficient (Wildman–Crippen LogP) is 2.72. The van der Waals surface area contributed by atoms with Crippen molar-refractivity contribution in [2.24, 2.45) is 7.05 Å². The number of carbonyl (C=O) groups excluding carboxylic acids is 1. The standard InChI is InChI=1S/C18H23N3O3/c1-12-10-15(20(2)19-12)18(22)21-9-5-6-14(21)13-7-8-16(23-3)17(11-13)24-4/h7-8,10-11,14H,5-6,9H2,1-4H3. The molecule has 0 radical (unpaired) electrons. The maximum Gasteiger partial charge on any atom is 0.272 e. The van der Waals surface area contributed by atoms with Crippen LogP contribution in [0.1, 0.15) is 40.6 Å². The molecule has 1 saturated heterocycles. The summed E-state index contributed by atoms with van der Waals surface area (Å²) in [6, 6.07) is 7.75. The summed E-state index contributed by atoms with van der Waals surface area (Å²) < 4.78 is 12.3. The Labute approximate surface area is 142 Å². The molecule has 0 bridgehead atoms. The van der Waals surface area contributed by atoms with Crippen molar-refractivity contribution in [3.8, 4) is 11.5 Å². The van der Waals surface area contributed by atoms with Crippen molar-refractivity contribution in [2.45, 2.75) is 25.8 Å². The molecular formula is C18H23N3O3. The fourth-order valence-corrected chi connectivity index (χ4v) is 3.37. The Morgan fingerprint density at radius 1 is 1.21 bits per heavy atom. The van der Waals surface area contributed by atoms with Gasteiger partial charge in [0.05, 0.1) is 26.0 Å². The SMILES string of the molecule is COc1ccc(C2CCCN2C(=O)c2cc(C)nn2C)cc1OC. The molecule has 1 aromatic carbocycles. The molecule has 1 atom stereocenters. The third-order valence-corrected chi connectivity index (χ3v) is 4.53. The number of methoxy groups -OCH3 is 2. The summed E-state index contributed by atoms with van der Waals surface area (Å²) in [5, 5.41) is 4.28. The molecule has 1 amide bonds. The molecule has 128 valence electrons. The van der Waals surface area contributed by atoms with Gasteiger partial charge in [0.15, 0.2) is 11.5 Å². The first-order chi connectivity index (χ1) is 11.5. The molecule has 3 rings (SSSR count). The van der Waals surface area contributed by atoms with Gasteiger partial charge in [-0.1, -0.05) is 6.07 Å². The molecule has 0 saturated carbocycles. The molecule has 1 aliphatic rings. The average molecular weight is 329 g/mol. The Bertz CT molecular complexity index is 754. The first-order valence-electron chi connectivity index (χ1n) is 8.08. The smallest absolute Gasteiger partial charge is 0.272 e. The van der Waals surface area contributed by atoms with E-state index in [0.29, 0.717) is 17.2 Å². The Balaban J connectivity index is 1.91. The van der Waals surface area contributed by atoms with Crippen LogP contribution in [-0.4, -0.2) is 41.4 Å². The van der Waals surface area contributed by atoms with E-state index in [9.17, 15) is 4.79 Å². The number of carbonyl (C=O) groups is 1. The van der Waals surface area contributed by atoms with Crippen molar-refractivity contribution >= 4 is 5.91 Å². The third-order valence-electron chi connectivity index (χ3n) is 4.53. The van der Waals surface area contributed by atoms with Gasteiger partial charge in [-0.05, 0) is 43.5 Å². The Morgan fingerprint density at radius 2 is 1.96 bits per heavy atom. The van der Waals surface area contributed by atoms with Crippen molar-refractivity contribution in [2.75, 3.05) is 20.8 Å². The van der Waals surface area contributed by atoms with Crippen LogP contribution in [-0.2, 0) is 7.05 Å². The number of amides is 1. The Morgan fingerprint density at radius 3 is 2.58 bits per heavy atom. The number of rotatable bonds is 4. The van der Waals surface area contributed by atoms with Gasteiger partial charge in [0.2, 0.25) is 0 Å². The lowest BCUT2D eigenvalue weighted by Gasteiger charge is -2.25. The minimum atomic E-state index is 0.0235. The molecule has 0 spiro atoms. The molecule has 0 N–H and O–H groups in total. The summed E-state index contributed by atoms with van der Waals surface area (Å²) in [5.74, 6) is 1.40. The minimum absolute atomic E-state index is 0.0235. The zero-order valence-corrected chi connectivity index (χ0v) is 14.6. The largest absolute Gasteiger partial charge is 0.493 e. The number of nitrogens with zero attached hydrogens (tertiary/aromatic N) is 3. The van der Waals surface area contributed by atoms with Crippen LogP contribution in [0.4, 0.5) is 0 Å². The Kier molecular flexibility index (Phi) is 4.46. The van der Waals surface area contributed by atoms with Crippen molar-refractivity contribution in [3.63, 3.8) is 0 Å². The van der Waals surface area contributed by atoms with E-state index in [4.69, 9.17) is 9.47 Å². The van der Waals surface area contributed by atoms with Gasteiger partial charge in [0.25, 0.3) is 5.91 Å². The van der Waals surface area contributed by atoms with Gasteiger partial charge in [-0.25, -0.2) is 0 Å². The van der Waals surface area contributed by atoms with E-state index in [1.54, 1.807) is 18.9 Å². The van der Waals surface area contributed by atoms with Gasteiger partial charge >= 0.3 is 0 Å². The number of aryl methyl sites for hydroxylation is 2. The fourth-order valence-electron chi connectivity index (χ4n) is 3.37. The number of hydrogen-bond donors (Lipinski definition) is 0. The lowest BCUT2D eigenvalue weighted by atomic mass is 10.0. The van der Waals surface area contributed by atoms with Crippen molar-refractivity contribution in [1.29, 1.82) is 0 Å². The number of likely N-dealkylation sites (tertiary alicyclic amines) is 1. The second-order valence-electron chi connectivity index (χ2n) is 6.07. The van der Waals surface area contributed by atoms with E-state index in [0.717, 1.165) is 30.6 Å².